The molecule has 0 bridgehead atoms. The molecule has 3 rings (SSSR count). The second kappa shape index (κ2) is 6.12. The molecule has 3 aromatic rings. The second-order valence-electron chi connectivity index (χ2n) is 4.64. The molecule has 0 saturated heterocycles. The number of carbonyl (C=O) groups is 1. The molecule has 112 valence electrons. The van der Waals surface area contributed by atoms with E-state index in [1.54, 1.807) is 18.2 Å². The molecule has 5 heteroatoms. The van der Waals surface area contributed by atoms with Crippen LogP contribution in [0.1, 0.15) is 16.3 Å². The van der Waals surface area contributed by atoms with Crippen LogP contribution in [0, 0.1) is 0 Å². The minimum atomic E-state index is -0.511. The summed E-state index contributed by atoms with van der Waals surface area (Å²) in [5, 5.41) is 2.53. The molecule has 0 N–H and O–H groups in total. The Morgan fingerprint density at radius 3 is 2.64 bits per heavy atom. The van der Waals surface area contributed by atoms with Gasteiger partial charge in [-0.2, -0.15) is 0 Å². The van der Waals surface area contributed by atoms with Gasteiger partial charge in [-0.1, -0.05) is 35.9 Å². The number of rotatable bonds is 4. The molecule has 0 aliphatic rings. The van der Waals surface area contributed by atoms with Crippen LogP contribution in [-0.2, 0) is 11.3 Å². The molecule has 0 radical (unpaired) electrons. The molecule has 0 aliphatic carbocycles. The lowest BCUT2D eigenvalue weighted by atomic mass is 10.1. The number of ether oxygens (including phenoxy) is 2. The lowest BCUT2D eigenvalue weighted by Gasteiger charge is -2.09. The Morgan fingerprint density at radius 2 is 1.86 bits per heavy atom. The summed E-state index contributed by atoms with van der Waals surface area (Å²) in [7, 11) is 1.31. The fraction of sp³-hybridized carbons (Fsp3) is 0.118. The molecule has 0 saturated carbocycles. The molecule has 0 spiro atoms. The number of halogens is 1. The number of hydrogen-bond donors (Lipinski definition) is 0. The number of furan rings is 1. The van der Waals surface area contributed by atoms with E-state index in [0.717, 1.165) is 10.8 Å². The van der Waals surface area contributed by atoms with Crippen molar-refractivity contribution in [2.75, 3.05) is 7.11 Å². The summed E-state index contributed by atoms with van der Waals surface area (Å²) in [6.45, 7) is 0.211. The Bertz CT molecular complexity index is 822. The van der Waals surface area contributed by atoms with E-state index < -0.39 is 5.97 Å². The number of fused-ring (bicyclic) bond motifs is 1. The van der Waals surface area contributed by atoms with E-state index in [1.165, 1.54) is 7.11 Å². The molecule has 1 heterocycles. The molecule has 0 amide bonds. The first kappa shape index (κ1) is 14.5. The third-order valence-electron chi connectivity index (χ3n) is 3.25. The Hall–Kier alpha value is -2.46. The second-order valence-corrected chi connectivity index (χ2v) is 5.04. The molecule has 1 aromatic heterocycles. The monoisotopic (exact) mass is 316 g/mol. The molecule has 0 aliphatic heterocycles. The first-order valence-electron chi connectivity index (χ1n) is 6.66. The lowest BCUT2D eigenvalue weighted by molar-refractivity contribution is 0.0561. The highest BCUT2D eigenvalue weighted by Gasteiger charge is 2.12. The average Bonchev–Trinajstić information content (AvgIpc) is 3.03. The number of esters is 1. The highest BCUT2D eigenvalue weighted by molar-refractivity contribution is 6.35. The van der Waals surface area contributed by atoms with Crippen LogP contribution in [0.25, 0.3) is 10.8 Å². The quantitative estimate of drug-likeness (QED) is 0.667. The predicted octanol–water partition coefficient (Wildman–Crippen LogP) is 4.45. The van der Waals surface area contributed by atoms with Crippen LogP contribution in [0.5, 0.6) is 5.75 Å². The van der Waals surface area contributed by atoms with Gasteiger partial charge in [-0.25, -0.2) is 4.79 Å². The smallest absolute Gasteiger partial charge is 0.373 e. The van der Waals surface area contributed by atoms with Crippen LogP contribution in [-0.4, -0.2) is 13.1 Å². The maximum Gasteiger partial charge on any atom is 0.373 e. The Labute approximate surface area is 132 Å². The predicted molar refractivity (Wildman–Crippen MR) is 83.3 cm³/mol. The van der Waals surface area contributed by atoms with Crippen molar-refractivity contribution in [3.05, 3.63) is 65.1 Å². The highest BCUT2D eigenvalue weighted by Crippen LogP contribution is 2.31. The van der Waals surface area contributed by atoms with E-state index in [0.29, 0.717) is 16.5 Å². The molecular weight excluding hydrogens is 304 g/mol. The van der Waals surface area contributed by atoms with Gasteiger partial charge in [-0.3, -0.25) is 0 Å². The van der Waals surface area contributed by atoms with Crippen LogP contribution in [0.3, 0.4) is 0 Å². The van der Waals surface area contributed by atoms with Crippen LogP contribution >= 0.6 is 11.6 Å². The zero-order valence-corrected chi connectivity index (χ0v) is 12.6. The Morgan fingerprint density at radius 1 is 1.09 bits per heavy atom. The third-order valence-corrected chi connectivity index (χ3v) is 3.58. The minimum absolute atomic E-state index is 0.155. The van der Waals surface area contributed by atoms with Crippen LogP contribution < -0.4 is 4.74 Å². The van der Waals surface area contributed by atoms with E-state index in [-0.39, 0.29) is 12.4 Å². The average molecular weight is 317 g/mol. The van der Waals surface area contributed by atoms with Crippen LogP contribution in [0.4, 0.5) is 0 Å². The van der Waals surface area contributed by atoms with Crippen LogP contribution in [0.2, 0.25) is 5.02 Å². The topological polar surface area (TPSA) is 48.7 Å². The van der Waals surface area contributed by atoms with Gasteiger partial charge in [0.1, 0.15) is 18.1 Å². The number of methoxy groups -OCH3 is 1. The molecule has 0 fully saturated rings. The largest absolute Gasteiger partial charge is 0.485 e. The maximum absolute atomic E-state index is 11.3. The SMILES string of the molecule is COC(=O)c1ccc(COc2ccc(Cl)c3ccccc23)o1. The van der Waals surface area contributed by atoms with Gasteiger partial charge >= 0.3 is 5.97 Å². The van der Waals surface area contributed by atoms with Gasteiger partial charge in [0.05, 0.1) is 7.11 Å². The van der Waals surface area contributed by atoms with Crippen LogP contribution in [0.15, 0.2) is 52.9 Å². The Kier molecular flexibility index (Phi) is 4.02. The van der Waals surface area contributed by atoms with E-state index >= 15 is 0 Å². The lowest BCUT2D eigenvalue weighted by Crippen LogP contribution is -1.99. The summed E-state index contributed by atoms with van der Waals surface area (Å²) in [6, 6.07) is 14.6. The first-order chi connectivity index (χ1) is 10.7. The summed E-state index contributed by atoms with van der Waals surface area (Å²) in [6.07, 6.45) is 0. The summed E-state index contributed by atoms with van der Waals surface area (Å²) in [5.41, 5.74) is 0. The summed E-state index contributed by atoms with van der Waals surface area (Å²) in [5.74, 6) is 0.890. The van der Waals surface area contributed by atoms with Crippen molar-refractivity contribution in [1.29, 1.82) is 0 Å². The maximum atomic E-state index is 11.3. The summed E-state index contributed by atoms with van der Waals surface area (Å²) >= 11 is 6.17. The van der Waals surface area contributed by atoms with E-state index in [2.05, 4.69) is 4.74 Å². The minimum Gasteiger partial charge on any atom is -0.485 e. The fourth-order valence-corrected chi connectivity index (χ4v) is 2.40. The zero-order valence-electron chi connectivity index (χ0n) is 11.8. The van der Waals surface area contributed by atoms with Gasteiger partial charge in [0, 0.05) is 15.8 Å². The van der Waals surface area contributed by atoms with E-state index in [4.69, 9.17) is 20.8 Å². The Balaban J connectivity index is 1.81. The number of benzene rings is 2. The fourth-order valence-electron chi connectivity index (χ4n) is 2.18. The van der Waals surface area contributed by atoms with Crippen molar-refractivity contribution in [3.8, 4) is 5.75 Å². The van der Waals surface area contributed by atoms with Crippen molar-refractivity contribution in [1.82, 2.24) is 0 Å². The summed E-state index contributed by atoms with van der Waals surface area (Å²) in [4.78, 5) is 11.3. The van der Waals surface area contributed by atoms with Gasteiger partial charge in [0.15, 0.2) is 0 Å². The van der Waals surface area contributed by atoms with Gasteiger partial charge < -0.3 is 13.9 Å². The van der Waals surface area contributed by atoms with Gasteiger partial charge in [0.2, 0.25) is 5.76 Å². The molecular formula is C17H13ClO4. The number of carbonyl (C=O) groups excluding carboxylic acids is 1. The molecule has 22 heavy (non-hydrogen) atoms. The van der Waals surface area contributed by atoms with E-state index in [9.17, 15) is 4.79 Å². The summed E-state index contributed by atoms with van der Waals surface area (Å²) < 4.78 is 15.7. The standard InChI is InChI=1S/C17H13ClO4/c1-20-17(19)16-8-6-11(22-16)10-21-15-9-7-14(18)12-4-2-3-5-13(12)15/h2-9H,10H2,1H3. The normalized spacial score (nSPS) is 10.6. The zero-order chi connectivity index (χ0) is 15.5. The van der Waals surface area contributed by atoms with Crippen molar-refractivity contribution in [2.24, 2.45) is 0 Å². The molecule has 0 atom stereocenters. The van der Waals surface area contributed by atoms with Crippen molar-refractivity contribution < 1.29 is 18.7 Å². The van der Waals surface area contributed by atoms with E-state index in [1.807, 2.05) is 30.3 Å². The molecule has 2 aromatic carbocycles. The van der Waals surface area contributed by atoms with Crippen molar-refractivity contribution in [3.63, 3.8) is 0 Å². The van der Waals surface area contributed by atoms with Crippen molar-refractivity contribution in [2.45, 2.75) is 6.61 Å². The molecule has 0 unspecified atom stereocenters. The van der Waals surface area contributed by atoms with Gasteiger partial charge in [-0.05, 0) is 24.3 Å². The van der Waals surface area contributed by atoms with Gasteiger partial charge in [-0.15, -0.1) is 0 Å². The first-order valence-corrected chi connectivity index (χ1v) is 7.04. The van der Waals surface area contributed by atoms with Crippen molar-refractivity contribution >= 4 is 28.3 Å². The number of hydrogen-bond acceptors (Lipinski definition) is 4. The molecule has 4 nitrogen and oxygen atoms in total. The van der Waals surface area contributed by atoms with Gasteiger partial charge in [0.25, 0.3) is 0 Å². The highest BCUT2D eigenvalue weighted by atomic mass is 35.5. The third kappa shape index (κ3) is 2.78.